The van der Waals surface area contributed by atoms with E-state index in [1.807, 2.05) is 6.92 Å². The first-order valence-electron chi connectivity index (χ1n) is 5.47. The Labute approximate surface area is 95.4 Å². The van der Waals surface area contributed by atoms with Crippen LogP contribution in [0.3, 0.4) is 0 Å². The molecule has 0 unspecified atom stereocenters. The molecule has 16 heavy (non-hydrogen) atoms. The predicted octanol–water partition coefficient (Wildman–Crippen LogP) is 2.38. The fraction of sp³-hybridized carbons (Fsp3) is 0.385. The van der Waals surface area contributed by atoms with E-state index in [-0.39, 0.29) is 5.97 Å². The van der Waals surface area contributed by atoms with Gasteiger partial charge in [0, 0.05) is 6.42 Å². The summed E-state index contributed by atoms with van der Waals surface area (Å²) in [6.07, 6.45) is 3.11. The first-order chi connectivity index (χ1) is 7.77. The van der Waals surface area contributed by atoms with Gasteiger partial charge in [-0.15, -0.1) is 0 Å². The zero-order chi connectivity index (χ0) is 11.8. The van der Waals surface area contributed by atoms with Crippen LogP contribution in [0.4, 0.5) is 0 Å². The smallest absolute Gasteiger partial charge is 0.338 e. The molecule has 1 rings (SSSR count). The van der Waals surface area contributed by atoms with Gasteiger partial charge >= 0.3 is 5.97 Å². The standard InChI is InChI=1S/C13H16O3/c1-2-3-10-16-13(15)12-6-4-11(5-7-12)8-9-14/h4-7,9H,2-3,8,10H2,1H3. The fourth-order valence-electron chi connectivity index (χ4n) is 1.27. The minimum atomic E-state index is -0.300. The van der Waals surface area contributed by atoms with E-state index >= 15 is 0 Å². The van der Waals surface area contributed by atoms with Crippen LogP contribution >= 0.6 is 0 Å². The first kappa shape index (κ1) is 12.4. The third kappa shape index (κ3) is 3.85. The summed E-state index contributed by atoms with van der Waals surface area (Å²) >= 11 is 0. The molecule has 0 saturated carbocycles. The summed E-state index contributed by atoms with van der Waals surface area (Å²) in [7, 11) is 0. The zero-order valence-corrected chi connectivity index (χ0v) is 9.44. The monoisotopic (exact) mass is 220 g/mol. The topological polar surface area (TPSA) is 43.4 Å². The highest BCUT2D eigenvalue weighted by Gasteiger charge is 2.05. The Balaban J connectivity index is 2.52. The number of benzene rings is 1. The van der Waals surface area contributed by atoms with Crippen LogP contribution in [-0.2, 0) is 16.0 Å². The van der Waals surface area contributed by atoms with Crippen LogP contribution in [0.1, 0.15) is 35.7 Å². The molecule has 0 fully saturated rings. The number of hydrogen-bond donors (Lipinski definition) is 0. The molecular weight excluding hydrogens is 204 g/mol. The van der Waals surface area contributed by atoms with Crippen molar-refractivity contribution in [2.45, 2.75) is 26.2 Å². The fourth-order valence-corrected chi connectivity index (χ4v) is 1.27. The lowest BCUT2D eigenvalue weighted by Crippen LogP contribution is -2.06. The minimum Gasteiger partial charge on any atom is -0.462 e. The number of esters is 1. The summed E-state index contributed by atoms with van der Waals surface area (Å²) in [6.45, 7) is 2.51. The second kappa shape index (κ2) is 6.77. The molecule has 0 aromatic heterocycles. The van der Waals surface area contributed by atoms with Crippen molar-refractivity contribution in [3.63, 3.8) is 0 Å². The van der Waals surface area contributed by atoms with Gasteiger partial charge in [0.25, 0.3) is 0 Å². The molecule has 0 amide bonds. The van der Waals surface area contributed by atoms with E-state index in [1.54, 1.807) is 24.3 Å². The van der Waals surface area contributed by atoms with Gasteiger partial charge in [0.1, 0.15) is 6.29 Å². The molecule has 86 valence electrons. The zero-order valence-electron chi connectivity index (χ0n) is 9.44. The van der Waals surface area contributed by atoms with E-state index in [0.29, 0.717) is 18.6 Å². The highest BCUT2D eigenvalue weighted by Crippen LogP contribution is 2.06. The maximum Gasteiger partial charge on any atom is 0.338 e. The number of aldehydes is 1. The molecule has 0 aliphatic rings. The Hall–Kier alpha value is -1.64. The number of rotatable bonds is 6. The molecule has 0 atom stereocenters. The predicted molar refractivity (Wildman–Crippen MR) is 61.4 cm³/mol. The summed E-state index contributed by atoms with van der Waals surface area (Å²) in [6, 6.07) is 6.91. The molecule has 0 radical (unpaired) electrons. The highest BCUT2D eigenvalue weighted by atomic mass is 16.5. The summed E-state index contributed by atoms with van der Waals surface area (Å²) in [5.41, 5.74) is 1.44. The molecule has 0 saturated heterocycles. The van der Waals surface area contributed by atoms with Gasteiger partial charge in [0.2, 0.25) is 0 Å². The second-order valence-electron chi connectivity index (χ2n) is 3.56. The van der Waals surface area contributed by atoms with Crippen LogP contribution in [0.25, 0.3) is 0 Å². The average molecular weight is 220 g/mol. The van der Waals surface area contributed by atoms with Crippen LogP contribution in [0.15, 0.2) is 24.3 Å². The third-order valence-corrected chi connectivity index (χ3v) is 2.24. The van der Waals surface area contributed by atoms with E-state index in [4.69, 9.17) is 4.74 Å². The van der Waals surface area contributed by atoms with Gasteiger partial charge in [-0.1, -0.05) is 25.5 Å². The van der Waals surface area contributed by atoms with E-state index in [2.05, 4.69) is 0 Å². The summed E-state index contributed by atoms with van der Waals surface area (Å²) in [5.74, 6) is -0.300. The van der Waals surface area contributed by atoms with Gasteiger partial charge in [-0.3, -0.25) is 0 Å². The van der Waals surface area contributed by atoms with Crippen molar-refractivity contribution in [3.05, 3.63) is 35.4 Å². The lowest BCUT2D eigenvalue weighted by atomic mass is 10.1. The molecule has 3 nitrogen and oxygen atoms in total. The molecule has 1 aromatic rings. The van der Waals surface area contributed by atoms with E-state index in [1.165, 1.54) is 0 Å². The Morgan fingerprint density at radius 2 is 2.00 bits per heavy atom. The Morgan fingerprint density at radius 1 is 1.31 bits per heavy atom. The molecule has 0 N–H and O–H groups in total. The first-order valence-corrected chi connectivity index (χ1v) is 5.47. The maximum absolute atomic E-state index is 11.5. The van der Waals surface area contributed by atoms with E-state index in [0.717, 1.165) is 24.7 Å². The molecule has 0 bridgehead atoms. The van der Waals surface area contributed by atoms with Crippen molar-refractivity contribution >= 4 is 12.3 Å². The molecule has 3 heteroatoms. The molecule has 0 aliphatic heterocycles. The minimum absolute atomic E-state index is 0.300. The SMILES string of the molecule is CCCCOC(=O)c1ccc(CC=O)cc1. The van der Waals surface area contributed by atoms with Crippen LogP contribution < -0.4 is 0 Å². The van der Waals surface area contributed by atoms with Gasteiger partial charge in [0.15, 0.2) is 0 Å². The molecule has 0 heterocycles. The molecule has 1 aromatic carbocycles. The Kier molecular flexibility index (Phi) is 5.26. The van der Waals surface area contributed by atoms with Gasteiger partial charge in [-0.2, -0.15) is 0 Å². The second-order valence-corrected chi connectivity index (χ2v) is 3.56. The van der Waals surface area contributed by atoms with E-state index in [9.17, 15) is 9.59 Å². The van der Waals surface area contributed by atoms with Crippen molar-refractivity contribution in [3.8, 4) is 0 Å². The lowest BCUT2D eigenvalue weighted by Gasteiger charge is -2.04. The van der Waals surface area contributed by atoms with Gasteiger partial charge in [0.05, 0.1) is 12.2 Å². The van der Waals surface area contributed by atoms with Crippen LogP contribution in [0.5, 0.6) is 0 Å². The molecule has 0 spiro atoms. The number of carbonyl (C=O) groups is 2. The van der Waals surface area contributed by atoms with E-state index < -0.39 is 0 Å². The van der Waals surface area contributed by atoms with Crippen molar-refractivity contribution in [2.75, 3.05) is 6.61 Å². The van der Waals surface area contributed by atoms with Crippen molar-refractivity contribution in [2.24, 2.45) is 0 Å². The van der Waals surface area contributed by atoms with Crippen LogP contribution in [0, 0.1) is 0 Å². The van der Waals surface area contributed by atoms with Crippen LogP contribution in [-0.4, -0.2) is 18.9 Å². The normalized spacial score (nSPS) is 9.81. The molecule has 0 aliphatic carbocycles. The number of unbranched alkanes of at least 4 members (excludes halogenated alkanes) is 1. The average Bonchev–Trinajstić information content (AvgIpc) is 2.30. The Morgan fingerprint density at radius 3 is 2.56 bits per heavy atom. The molecular formula is C13H16O3. The van der Waals surface area contributed by atoms with Gasteiger partial charge < -0.3 is 9.53 Å². The van der Waals surface area contributed by atoms with Crippen molar-refractivity contribution in [1.82, 2.24) is 0 Å². The van der Waals surface area contributed by atoms with Crippen molar-refractivity contribution in [1.29, 1.82) is 0 Å². The third-order valence-electron chi connectivity index (χ3n) is 2.24. The summed E-state index contributed by atoms with van der Waals surface area (Å²) < 4.78 is 5.06. The Bertz CT molecular complexity index is 341. The van der Waals surface area contributed by atoms with Gasteiger partial charge in [-0.05, 0) is 24.1 Å². The van der Waals surface area contributed by atoms with Gasteiger partial charge in [-0.25, -0.2) is 4.79 Å². The highest BCUT2D eigenvalue weighted by molar-refractivity contribution is 5.89. The number of carbonyl (C=O) groups excluding carboxylic acids is 2. The van der Waals surface area contributed by atoms with Crippen molar-refractivity contribution < 1.29 is 14.3 Å². The lowest BCUT2D eigenvalue weighted by molar-refractivity contribution is -0.107. The number of ether oxygens (including phenoxy) is 1. The summed E-state index contributed by atoms with van der Waals surface area (Å²) in [4.78, 5) is 21.8. The number of hydrogen-bond acceptors (Lipinski definition) is 3. The van der Waals surface area contributed by atoms with Crippen LogP contribution in [0.2, 0.25) is 0 Å². The maximum atomic E-state index is 11.5. The summed E-state index contributed by atoms with van der Waals surface area (Å²) in [5, 5.41) is 0. The largest absolute Gasteiger partial charge is 0.462 e. The quantitative estimate of drug-likeness (QED) is 0.420.